The molecule has 0 atom stereocenters. The van der Waals surface area contributed by atoms with Crippen LogP contribution in [0.3, 0.4) is 0 Å². The lowest BCUT2D eigenvalue weighted by Crippen LogP contribution is -2.04. The molecule has 0 aliphatic carbocycles. The van der Waals surface area contributed by atoms with E-state index < -0.39 is 0 Å². The molecule has 0 saturated heterocycles. The third kappa shape index (κ3) is 6.05. The van der Waals surface area contributed by atoms with Gasteiger partial charge in [0.05, 0.1) is 11.6 Å². The van der Waals surface area contributed by atoms with Crippen molar-refractivity contribution in [2.24, 2.45) is 0 Å². The van der Waals surface area contributed by atoms with Gasteiger partial charge in [-0.1, -0.05) is 57.3 Å². The monoisotopic (exact) mass is 493 g/mol. The van der Waals surface area contributed by atoms with Crippen molar-refractivity contribution in [1.82, 2.24) is 0 Å². The second-order valence-corrected chi connectivity index (χ2v) is 8.33. The summed E-state index contributed by atoms with van der Waals surface area (Å²) in [6.07, 6.45) is 0. The van der Waals surface area contributed by atoms with Crippen LogP contribution in [0.2, 0.25) is 10.0 Å². The van der Waals surface area contributed by atoms with Crippen molar-refractivity contribution in [3.8, 4) is 11.5 Å². The number of benzene rings is 3. The van der Waals surface area contributed by atoms with Gasteiger partial charge in [0.25, 0.3) is 0 Å². The van der Waals surface area contributed by atoms with Gasteiger partial charge in [-0.25, -0.2) is 0 Å². The van der Waals surface area contributed by atoms with E-state index in [0.717, 1.165) is 26.9 Å². The van der Waals surface area contributed by atoms with Crippen LogP contribution in [0.4, 0.5) is 5.69 Å². The Morgan fingerprint density at radius 3 is 2.41 bits per heavy atom. The molecule has 0 heterocycles. The maximum Gasteiger partial charge on any atom is 0.180 e. The molecular weight excluding hydrogens is 473 g/mol. The maximum absolute atomic E-state index is 6.54. The molecule has 3 rings (SSSR count). The molecule has 0 amide bonds. The highest BCUT2D eigenvalue weighted by atomic mass is 79.9. The largest absolute Gasteiger partial charge is 0.490 e. The Morgan fingerprint density at radius 1 is 0.931 bits per heavy atom. The van der Waals surface area contributed by atoms with Gasteiger partial charge in [-0.2, -0.15) is 0 Å². The zero-order valence-corrected chi connectivity index (χ0v) is 19.4. The number of anilines is 1. The van der Waals surface area contributed by atoms with Gasteiger partial charge in [0.1, 0.15) is 6.61 Å². The highest BCUT2D eigenvalue weighted by Gasteiger charge is 2.13. The van der Waals surface area contributed by atoms with Crippen LogP contribution in [0, 0.1) is 6.92 Å². The zero-order valence-electron chi connectivity index (χ0n) is 16.3. The minimum Gasteiger partial charge on any atom is -0.490 e. The highest BCUT2D eigenvalue weighted by molar-refractivity contribution is 9.10. The summed E-state index contributed by atoms with van der Waals surface area (Å²) in [7, 11) is 0. The number of hydrogen-bond donors (Lipinski definition) is 1. The molecule has 0 spiro atoms. The average molecular weight is 495 g/mol. The lowest BCUT2D eigenvalue weighted by Gasteiger charge is -2.16. The number of ether oxygens (including phenoxy) is 2. The smallest absolute Gasteiger partial charge is 0.180 e. The van der Waals surface area contributed by atoms with E-state index in [1.54, 1.807) is 0 Å². The molecule has 0 unspecified atom stereocenters. The van der Waals surface area contributed by atoms with Gasteiger partial charge in [-0.15, -0.1) is 0 Å². The van der Waals surface area contributed by atoms with Crippen LogP contribution < -0.4 is 14.8 Å². The molecule has 1 N–H and O–H groups in total. The Labute approximate surface area is 190 Å². The number of aryl methyl sites for hydroxylation is 1. The van der Waals surface area contributed by atoms with Crippen molar-refractivity contribution in [2.75, 3.05) is 11.9 Å². The first-order valence-electron chi connectivity index (χ1n) is 9.28. The fourth-order valence-corrected chi connectivity index (χ4v) is 3.57. The Morgan fingerprint density at radius 2 is 1.69 bits per heavy atom. The first-order valence-corrected chi connectivity index (χ1v) is 10.8. The van der Waals surface area contributed by atoms with Gasteiger partial charge in [-0.05, 0) is 66.9 Å². The molecule has 152 valence electrons. The van der Waals surface area contributed by atoms with E-state index in [2.05, 4.69) is 21.2 Å². The predicted molar refractivity (Wildman–Crippen MR) is 125 cm³/mol. The van der Waals surface area contributed by atoms with Crippen molar-refractivity contribution in [3.05, 3.63) is 85.8 Å². The van der Waals surface area contributed by atoms with Crippen LogP contribution in [0.5, 0.6) is 11.5 Å². The Hall–Kier alpha value is -1.88. The van der Waals surface area contributed by atoms with E-state index in [1.807, 2.05) is 68.4 Å². The van der Waals surface area contributed by atoms with Crippen LogP contribution >= 0.6 is 39.1 Å². The summed E-state index contributed by atoms with van der Waals surface area (Å²) in [5.74, 6) is 1.19. The molecule has 3 aromatic rings. The van der Waals surface area contributed by atoms with E-state index in [1.165, 1.54) is 0 Å². The number of halogens is 3. The Kier molecular flexibility index (Phi) is 7.70. The van der Waals surface area contributed by atoms with Gasteiger partial charge in [-0.3, -0.25) is 0 Å². The van der Waals surface area contributed by atoms with Crippen molar-refractivity contribution in [2.45, 2.75) is 27.0 Å². The van der Waals surface area contributed by atoms with Gasteiger partial charge in [0, 0.05) is 21.7 Å². The van der Waals surface area contributed by atoms with E-state index in [-0.39, 0.29) is 0 Å². The maximum atomic E-state index is 6.54. The summed E-state index contributed by atoms with van der Waals surface area (Å²) in [6, 6.07) is 17.6. The molecule has 0 fully saturated rings. The number of hydrogen-bond acceptors (Lipinski definition) is 3. The van der Waals surface area contributed by atoms with Gasteiger partial charge < -0.3 is 14.8 Å². The van der Waals surface area contributed by atoms with E-state index in [0.29, 0.717) is 41.3 Å². The standard InChI is InChI=1S/C23H22BrCl2NO2/c1-3-28-22-11-17(13-27-21-12-19(25)9-4-15(21)2)10-20(26)23(22)29-14-16-5-7-18(24)8-6-16/h4-12,27H,3,13-14H2,1-2H3. The van der Waals surface area contributed by atoms with Crippen LogP contribution in [0.15, 0.2) is 59.1 Å². The molecule has 6 heteroatoms. The van der Waals surface area contributed by atoms with Gasteiger partial charge in [0.2, 0.25) is 0 Å². The summed E-state index contributed by atoms with van der Waals surface area (Å²) in [5, 5.41) is 4.62. The van der Waals surface area contributed by atoms with Crippen molar-refractivity contribution >= 4 is 44.8 Å². The second-order valence-electron chi connectivity index (χ2n) is 6.57. The highest BCUT2D eigenvalue weighted by Crippen LogP contribution is 2.37. The molecule has 3 aromatic carbocycles. The zero-order chi connectivity index (χ0) is 20.8. The van der Waals surface area contributed by atoms with Crippen molar-refractivity contribution in [1.29, 1.82) is 0 Å². The van der Waals surface area contributed by atoms with Crippen LogP contribution in [0.25, 0.3) is 0 Å². The van der Waals surface area contributed by atoms with Crippen LogP contribution in [0.1, 0.15) is 23.6 Å². The lowest BCUT2D eigenvalue weighted by molar-refractivity contribution is 0.269. The fraction of sp³-hybridized carbons (Fsp3) is 0.217. The fourth-order valence-electron chi connectivity index (χ4n) is 2.84. The molecule has 0 saturated carbocycles. The third-order valence-electron chi connectivity index (χ3n) is 4.35. The van der Waals surface area contributed by atoms with Gasteiger partial charge in [0.15, 0.2) is 11.5 Å². The first-order chi connectivity index (χ1) is 14.0. The van der Waals surface area contributed by atoms with E-state index in [4.69, 9.17) is 32.7 Å². The summed E-state index contributed by atoms with van der Waals surface area (Å²) in [6.45, 7) is 5.50. The lowest BCUT2D eigenvalue weighted by atomic mass is 10.1. The first kappa shape index (κ1) is 21.8. The molecule has 0 aromatic heterocycles. The molecule has 3 nitrogen and oxygen atoms in total. The average Bonchev–Trinajstić information content (AvgIpc) is 2.69. The summed E-state index contributed by atoms with van der Waals surface area (Å²) < 4.78 is 12.8. The molecule has 0 aliphatic heterocycles. The molecular formula is C23H22BrCl2NO2. The Balaban J connectivity index is 1.76. The molecule has 0 bridgehead atoms. The van der Waals surface area contributed by atoms with E-state index in [9.17, 15) is 0 Å². The normalized spacial score (nSPS) is 10.7. The molecule has 29 heavy (non-hydrogen) atoms. The number of nitrogens with one attached hydrogen (secondary N) is 1. The SMILES string of the molecule is CCOc1cc(CNc2cc(Cl)ccc2C)cc(Cl)c1OCc1ccc(Br)cc1. The third-order valence-corrected chi connectivity index (χ3v) is 5.39. The molecule has 0 radical (unpaired) electrons. The van der Waals surface area contributed by atoms with Crippen molar-refractivity contribution < 1.29 is 9.47 Å². The predicted octanol–water partition coefficient (Wildman–Crippen LogP) is 7.65. The minimum absolute atomic E-state index is 0.409. The van der Waals surface area contributed by atoms with Crippen LogP contribution in [-0.4, -0.2) is 6.61 Å². The van der Waals surface area contributed by atoms with Gasteiger partial charge >= 0.3 is 0 Å². The summed E-state index contributed by atoms with van der Waals surface area (Å²) in [4.78, 5) is 0. The Bertz CT molecular complexity index is 977. The van der Waals surface area contributed by atoms with E-state index >= 15 is 0 Å². The van der Waals surface area contributed by atoms with Crippen molar-refractivity contribution in [3.63, 3.8) is 0 Å². The quantitative estimate of drug-likeness (QED) is 0.348. The minimum atomic E-state index is 0.409. The number of rotatable bonds is 8. The molecule has 0 aliphatic rings. The summed E-state index contributed by atoms with van der Waals surface area (Å²) >= 11 is 16.1. The topological polar surface area (TPSA) is 30.5 Å². The summed E-state index contributed by atoms with van der Waals surface area (Å²) in [5.41, 5.74) is 4.16. The van der Waals surface area contributed by atoms with Crippen LogP contribution in [-0.2, 0) is 13.2 Å². The second kappa shape index (κ2) is 10.2.